The number of aryl methyl sites for hydroxylation is 2. The number of imidazole rings is 1. The molecule has 35 heavy (non-hydrogen) atoms. The standard InChI is InChI=1S/C23H30ClF2N5O3S/c1-17-13-18(24)3-4-19(17)21(32)27-15-22(5-7-23(25,26)8-6-22)30-9-11-31(12-10-30)35(33,34)20-14-29(2)16-28-20/h3-4,13-14,16H,5-12,15H2,1-2H3,(H,27,32). The molecule has 2 aromatic rings. The van der Waals surface area contributed by atoms with E-state index < -0.39 is 21.5 Å². The first-order valence-electron chi connectivity index (χ1n) is 11.6. The zero-order valence-electron chi connectivity index (χ0n) is 19.8. The van der Waals surface area contributed by atoms with Gasteiger partial charge < -0.3 is 9.88 Å². The van der Waals surface area contributed by atoms with Gasteiger partial charge in [0, 0.05) is 74.9 Å². The Morgan fingerprint density at radius 2 is 1.80 bits per heavy atom. The molecule has 0 atom stereocenters. The molecule has 1 aromatic carbocycles. The van der Waals surface area contributed by atoms with Gasteiger partial charge in [0.2, 0.25) is 5.92 Å². The summed E-state index contributed by atoms with van der Waals surface area (Å²) in [6, 6.07) is 4.99. The molecule has 0 bridgehead atoms. The van der Waals surface area contributed by atoms with E-state index in [2.05, 4.69) is 15.2 Å². The van der Waals surface area contributed by atoms with Crippen LogP contribution in [0, 0.1) is 6.92 Å². The Kier molecular flexibility index (Phi) is 7.25. The molecule has 12 heteroatoms. The van der Waals surface area contributed by atoms with Crippen LogP contribution >= 0.6 is 11.6 Å². The van der Waals surface area contributed by atoms with Gasteiger partial charge in [-0.05, 0) is 43.5 Å². The summed E-state index contributed by atoms with van der Waals surface area (Å²) in [6.45, 7) is 3.21. The molecular formula is C23H30ClF2N5O3S. The second-order valence-corrected chi connectivity index (χ2v) is 11.8. The van der Waals surface area contributed by atoms with Crippen molar-refractivity contribution in [3.8, 4) is 0 Å². The Morgan fingerprint density at radius 1 is 1.14 bits per heavy atom. The summed E-state index contributed by atoms with van der Waals surface area (Å²) in [6.07, 6.45) is 2.79. The second-order valence-electron chi connectivity index (χ2n) is 9.49. The van der Waals surface area contributed by atoms with Gasteiger partial charge in [-0.3, -0.25) is 9.69 Å². The van der Waals surface area contributed by atoms with Gasteiger partial charge in [0.1, 0.15) is 0 Å². The Hall–Kier alpha value is -2.08. The van der Waals surface area contributed by atoms with E-state index in [1.165, 1.54) is 16.8 Å². The van der Waals surface area contributed by atoms with E-state index in [1.807, 2.05) is 0 Å². The van der Waals surface area contributed by atoms with Gasteiger partial charge in [-0.25, -0.2) is 22.2 Å². The molecule has 1 saturated heterocycles. The minimum atomic E-state index is -3.73. The highest BCUT2D eigenvalue weighted by molar-refractivity contribution is 7.89. The molecule has 2 fully saturated rings. The molecule has 1 amide bonds. The van der Waals surface area contributed by atoms with Crippen molar-refractivity contribution >= 4 is 27.5 Å². The number of carbonyl (C=O) groups is 1. The number of hydrogen-bond donors (Lipinski definition) is 1. The van der Waals surface area contributed by atoms with E-state index in [0.717, 1.165) is 5.56 Å². The van der Waals surface area contributed by atoms with Crippen LogP contribution in [0.15, 0.2) is 35.7 Å². The average molecular weight is 530 g/mol. The summed E-state index contributed by atoms with van der Waals surface area (Å²) in [5, 5.41) is 3.47. The SMILES string of the molecule is Cc1cc(Cl)ccc1C(=O)NCC1(N2CCN(S(=O)(=O)c3cn(C)cn3)CC2)CCC(F)(F)CC1. The monoisotopic (exact) mass is 529 g/mol. The number of nitrogens with zero attached hydrogens (tertiary/aromatic N) is 4. The molecule has 8 nitrogen and oxygen atoms in total. The molecule has 1 aliphatic carbocycles. The van der Waals surface area contributed by atoms with E-state index >= 15 is 0 Å². The normalized spacial score (nSPS) is 21.1. The van der Waals surface area contributed by atoms with Gasteiger partial charge in [-0.15, -0.1) is 0 Å². The molecule has 2 heterocycles. The predicted molar refractivity (Wildman–Crippen MR) is 128 cm³/mol. The Labute approximate surface area is 209 Å². The fourth-order valence-corrected chi connectivity index (χ4v) is 6.58. The van der Waals surface area contributed by atoms with Crippen LogP contribution in [-0.2, 0) is 17.1 Å². The van der Waals surface area contributed by atoms with Gasteiger partial charge in [0.15, 0.2) is 5.03 Å². The van der Waals surface area contributed by atoms with Crippen LogP contribution in [-0.4, -0.2) is 77.3 Å². The second kappa shape index (κ2) is 9.76. The van der Waals surface area contributed by atoms with E-state index in [4.69, 9.17) is 11.6 Å². The zero-order chi connectivity index (χ0) is 25.4. The van der Waals surface area contributed by atoms with Crippen molar-refractivity contribution in [3.63, 3.8) is 0 Å². The quantitative estimate of drug-likeness (QED) is 0.621. The lowest BCUT2D eigenvalue weighted by molar-refractivity contribution is -0.0856. The van der Waals surface area contributed by atoms with E-state index in [1.54, 1.807) is 36.7 Å². The number of carbonyl (C=O) groups excluding carboxylic acids is 1. The number of halogens is 3. The molecule has 4 rings (SSSR count). The first-order valence-corrected chi connectivity index (χ1v) is 13.4. The minimum Gasteiger partial charge on any atom is -0.350 e. The highest BCUT2D eigenvalue weighted by Crippen LogP contribution is 2.42. The highest BCUT2D eigenvalue weighted by Gasteiger charge is 2.48. The van der Waals surface area contributed by atoms with Crippen molar-refractivity contribution in [1.29, 1.82) is 0 Å². The molecule has 1 aliphatic heterocycles. The summed E-state index contributed by atoms with van der Waals surface area (Å²) in [5.41, 5.74) is 0.544. The van der Waals surface area contributed by atoms with Gasteiger partial charge in [0.05, 0.1) is 6.33 Å². The Balaban J connectivity index is 1.47. The van der Waals surface area contributed by atoms with Gasteiger partial charge in [-0.1, -0.05) is 11.6 Å². The van der Waals surface area contributed by atoms with E-state index in [9.17, 15) is 22.0 Å². The van der Waals surface area contributed by atoms with Crippen LogP contribution in [0.25, 0.3) is 0 Å². The summed E-state index contributed by atoms with van der Waals surface area (Å²) in [7, 11) is -2.03. The summed E-state index contributed by atoms with van der Waals surface area (Å²) >= 11 is 5.99. The number of sulfonamides is 1. The number of aromatic nitrogens is 2. The number of hydrogen-bond acceptors (Lipinski definition) is 5. The van der Waals surface area contributed by atoms with Crippen LogP contribution in [0.2, 0.25) is 5.02 Å². The highest BCUT2D eigenvalue weighted by atomic mass is 35.5. The molecular weight excluding hydrogens is 500 g/mol. The van der Waals surface area contributed by atoms with Crippen molar-refractivity contribution in [1.82, 2.24) is 24.1 Å². The first kappa shape index (κ1) is 26.0. The number of amides is 1. The van der Waals surface area contributed by atoms with Gasteiger partial charge >= 0.3 is 0 Å². The minimum absolute atomic E-state index is 0.00827. The Bertz CT molecular complexity index is 1190. The first-order chi connectivity index (χ1) is 16.4. The summed E-state index contributed by atoms with van der Waals surface area (Å²) in [4.78, 5) is 18.9. The lowest BCUT2D eigenvalue weighted by Crippen LogP contribution is -2.63. The van der Waals surface area contributed by atoms with E-state index in [0.29, 0.717) is 23.7 Å². The third-order valence-corrected chi connectivity index (χ3v) is 9.14. The lowest BCUT2D eigenvalue weighted by Gasteiger charge is -2.50. The number of nitrogens with one attached hydrogen (secondary N) is 1. The number of piperazine rings is 1. The smallest absolute Gasteiger partial charge is 0.262 e. The number of alkyl halides is 2. The van der Waals surface area contributed by atoms with Crippen molar-refractivity contribution in [2.75, 3.05) is 32.7 Å². The summed E-state index contributed by atoms with van der Waals surface area (Å²) in [5.74, 6) is -3.02. The maximum atomic E-state index is 14.1. The van der Waals surface area contributed by atoms with Crippen molar-refractivity contribution in [3.05, 3.63) is 46.9 Å². The largest absolute Gasteiger partial charge is 0.350 e. The van der Waals surface area contributed by atoms with Gasteiger partial charge in [0.25, 0.3) is 15.9 Å². The topological polar surface area (TPSA) is 87.5 Å². The molecule has 1 aromatic heterocycles. The lowest BCUT2D eigenvalue weighted by atomic mass is 9.78. The van der Waals surface area contributed by atoms with E-state index in [-0.39, 0.29) is 56.3 Å². The van der Waals surface area contributed by atoms with Crippen LogP contribution in [0.1, 0.15) is 41.6 Å². The third kappa shape index (κ3) is 5.52. The molecule has 0 unspecified atom stereocenters. The molecule has 192 valence electrons. The Morgan fingerprint density at radius 3 is 2.37 bits per heavy atom. The van der Waals surface area contributed by atoms with Crippen molar-refractivity contribution in [2.24, 2.45) is 7.05 Å². The summed E-state index contributed by atoms with van der Waals surface area (Å²) < 4.78 is 57.0. The third-order valence-electron chi connectivity index (χ3n) is 7.12. The number of rotatable bonds is 6. The number of benzene rings is 1. The van der Waals surface area contributed by atoms with Crippen LogP contribution in [0.5, 0.6) is 0 Å². The maximum absolute atomic E-state index is 14.1. The molecule has 2 aliphatic rings. The zero-order valence-corrected chi connectivity index (χ0v) is 21.4. The molecule has 0 spiro atoms. The predicted octanol–water partition coefficient (Wildman–Crippen LogP) is 3.07. The fraction of sp³-hybridized carbons (Fsp3) is 0.565. The molecule has 0 radical (unpaired) electrons. The van der Waals surface area contributed by atoms with Crippen LogP contribution in [0.4, 0.5) is 8.78 Å². The van der Waals surface area contributed by atoms with Crippen molar-refractivity contribution in [2.45, 2.75) is 49.1 Å². The molecule has 1 saturated carbocycles. The maximum Gasteiger partial charge on any atom is 0.262 e. The average Bonchev–Trinajstić information content (AvgIpc) is 3.26. The van der Waals surface area contributed by atoms with Crippen molar-refractivity contribution < 1.29 is 22.0 Å². The van der Waals surface area contributed by atoms with Crippen LogP contribution < -0.4 is 5.32 Å². The fourth-order valence-electron chi connectivity index (χ4n) is 4.96. The van der Waals surface area contributed by atoms with Gasteiger partial charge in [-0.2, -0.15) is 4.31 Å². The van der Waals surface area contributed by atoms with Crippen LogP contribution in [0.3, 0.4) is 0 Å². The molecule has 1 N–H and O–H groups in total.